The van der Waals surface area contributed by atoms with E-state index in [4.69, 9.17) is 9.84 Å². The largest absolute Gasteiger partial charge is 0.496 e. The van der Waals surface area contributed by atoms with E-state index in [-0.39, 0.29) is 0 Å². The monoisotopic (exact) mass is 275 g/mol. The molecule has 0 aliphatic heterocycles. The first-order valence-corrected chi connectivity index (χ1v) is 6.88. The van der Waals surface area contributed by atoms with Gasteiger partial charge in [-0.2, -0.15) is 0 Å². The first-order chi connectivity index (χ1) is 9.60. The van der Waals surface area contributed by atoms with Crippen LogP contribution in [0.3, 0.4) is 0 Å². The Labute approximate surface area is 119 Å². The number of carboxylic acid groups (broad SMARTS) is 1. The normalized spacial score (nSPS) is 15.6. The smallest absolute Gasteiger partial charge is 0.328 e. The summed E-state index contributed by atoms with van der Waals surface area (Å²) in [6, 6.07) is 6.42. The van der Waals surface area contributed by atoms with Crippen molar-refractivity contribution in [2.24, 2.45) is 0 Å². The molecule has 20 heavy (non-hydrogen) atoms. The van der Waals surface area contributed by atoms with E-state index in [1.165, 1.54) is 19.3 Å². The van der Waals surface area contributed by atoms with Gasteiger partial charge in [0.2, 0.25) is 0 Å². The Kier molecular flexibility index (Phi) is 4.79. The van der Waals surface area contributed by atoms with E-state index in [0.29, 0.717) is 6.04 Å². The Hall–Kier alpha value is -1.81. The van der Waals surface area contributed by atoms with E-state index >= 15 is 0 Å². The number of methoxy groups -OCH3 is 1. The summed E-state index contributed by atoms with van der Waals surface area (Å²) in [4.78, 5) is 12.9. The molecule has 108 valence electrons. The summed E-state index contributed by atoms with van der Waals surface area (Å²) in [5, 5.41) is 8.68. The second-order valence-corrected chi connectivity index (χ2v) is 5.24. The van der Waals surface area contributed by atoms with Crippen LogP contribution in [0.1, 0.15) is 30.4 Å². The van der Waals surface area contributed by atoms with Crippen LogP contribution in [0.4, 0.5) is 0 Å². The molecule has 0 saturated heterocycles. The van der Waals surface area contributed by atoms with Gasteiger partial charge >= 0.3 is 5.97 Å². The number of aliphatic carboxylic acids is 1. The number of nitrogens with zero attached hydrogens (tertiary/aromatic N) is 1. The van der Waals surface area contributed by atoms with Crippen LogP contribution < -0.4 is 4.74 Å². The third-order valence-corrected chi connectivity index (χ3v) is 3.84. The highest BCUT2D eigenvalue weighted by Gasteiger charge is 2.22. The summed E-state index contributed by atoms with van der Waals surface area (Å²) in [7, 11) is 3.79. The van der Waals surface area contributed by atoms with Crippen LogP contribution in [0.5, 0.6) is 5.75 Å². The molecule has 4 heteroatoms. The van der Waals surface area contributed by atoms with Crippen LogP contribution in [0.2, 0.25) is 0 Å². The summed E-state index contributed by atoms with van der Waals surface area (Å²) in [5.74, 6) is -0.0856. The molecule has 0 bridgehead atoms. The first-order valence-electron chi connectivity index (χ1n) is 6.88. The molecule has 0 spiro atoms. The maximum Gasteiger partial charge on any atom is 0.328 e. The minimum Gasteiger partial charge on any atom is -0.496 e. The lowest BCUT2D eigenvalue weighted by molar-refractivity contribution is -0.131. The fraction of sp³-hybridized carbons (Fsp3) is 0.438. The van der Waals surface area contributed by atoms with Gasteiger partial charge in [0, 0.05) is 24.2 Å². The molecule has 0 radical (unpaired) electrons. The quantitative estimate of drug-likeness (QED) is 0.811. The Morgan fingerprint density at radius 3 is 2.80 bits per heavy atom. The number of carboxylic acids is 1. The summed E-state index contributed by atoms with van der Waals surface area (Å²) in [6.07, 6.45) is 6.60. The van der Waals surface area contributed by atoms with Gasteiger partial charge < -0.3 is 9.84 Å². The Morgan fingerprint density at radius 2 is 2.25 bits per heavy atom. The van der Waals surface area contributed by atoms with Crippen molar-refractivity contribution in [3.63, 3.8) is 0 Å². The summed E-state index contributed by atoms with van der Waals surface area (Å²) in [6.45, 7) is 0.822. The van der Waals surface area contributed by atoms with Crippen molar-refractivity contribution in [1.82, 2.24) is 4.90 Å². The van der Waals surface area contributed by atoms with Gasteiger partial charge in [-0.1, -0.05) is 12.5 Å². The predicted molar refractivity (Wildman–Crippen MR) is 78.8 cm³/mol. The highest BCUT2D eigenvalue weighted by atomic mass is 16.5. The predicted octanol–water partition coefficient (Wildman–Crippen LogP) is 2.78. The molecule has 1 aromatic carbocycles. The summed E-state index contributed by atoms with van der Waals surface area (Å²) in [5.41, 5.74) is 1.97. The van der Waals surface area contributed by atoms with Gasteiger partial charge in [-0.05, 0) is 43.7 Å². The molecular formula is C16H21NO3. The summed E-state index contributed by atoms with van der Waals surface area (Å²) < 4.78 is 5.39. The van der Waals surface area contributed by atoms with Gasteiger partial charge in [0.1, 0.15) is 5.75 Å². The zero-order valence-corrected chi connectivity index (χ0v) is 12.0. The average Bonchev–Trinajstić information content (AvgIpc) is 2.34. The highest BCUT2D eigenvalue weighted by Crippen LogP contribution is 2.28. The van der Waals surface area contributed by atoms with Crippen molar-refractivity contribution in [3.8, 4) is 5.75 Å². The van der Waals surface area contributed by atoms with Crippen LogP contribution in [-0.2, 0) is 11.3 Å². The fourth-order valence-electron chi connectivity index (χ4n) is 2.42. The van der Waals surface area contributed by atoms with Gasteiger partial charge in [0.05, 0.1) is 7.11 Å². The van der Waals surface area contributed by atoms with Gasteiger partial charge in [0.25, 0.3) is 0 Å². The van der Waals surface area contributed by atoms with E-state index < -0.39 is 5.97 Å². The first kappa shape index (κ1) is 14.6. The zero-order valence-electron chi connectivity index (χ0n) is 12.0. The lowest BCUT2D eigenvalue weighted by Gasteiger charge is -2.35. The van der Waals surface area contributed by atoms with Crippen LogP contribution in [-0.4, -0.2) is 36.2 Å². The van der Waals surface area contributed by atoms with E-state index in [1.54, 1.807) is 13.2 Å². The molecular weight excluding hydrogens is 254 g/mol. The van der Waals surface area contributed by atoms with E-state index in [2.05, 4.69) is 11.9 Å². The number of carbonyl (C=O) groups is 1. The molecule has 2 rings (SSSR count). The Morgan fingerprint density at radius 1 is 1.50 bits per heavy atom. The number of ether oxygens (including phenoxy) is 1. The number of hydrogen-bond acceptors (Lipinski definition) is 3. The number of rotatable bonds is 6. The molecule has 0 heterocycles. The number of hydrogen-bond donors (Lipinski definition) is 1. The van der Waals surface area contributed by atoms with Crippen LogP contribution in [0, 0.1) is 0 Å². The minimum absolute atomic E-state index is 0.665. The molecule has 1 aliphatic carbocycles. The van der Waals surface area contributed by atoms with E-state index in [1.807, 2.05) is 18.2 Å². The minimum atomic E-state index is -0.936. The molecule has 0 unspecified atom stereocenters. The Balaban J connectivity index is 2.15. The summed E-state index contributed by atoms with van der Waals surface area (Å²) >= 11 is 0. The lowest BCUT2D eigenvalue weighted by Crippen LogP contribution is -2.36. The third-order valence-electron chi connectivity index (χ3n) is 3.84. The topological polar surface area (TPSA) is 49.8 Å². The SMILES string of the molecule is COc1ccc(/C=C/C(=O)O)cc1CN(C)C1CCC1. The Bertz CT molecular complexity index is 506. The van der Waals surface area contributed by atoms with E-state index in [9.17, 15) is 4.79 Å². The second-order valence-electron chi connectivity index (χ2n) is 5.24. The highest BCUT2D eigenvalue weighted by molar-refractivity contribution is 5.85. The van der Waals surface area contributed by atoms with Crippen molar-refractivity contribution < 1.29 is 14.6 Å². The molecule has 0 aromatic heterocycles. The van der Waals surface area contributed by atoms with Gasteiger partial charge in [-0.25, -0.2) is 4.79 Å². The van der Waals surface area contributed by atoms with Crippen molar-refractivity contribution in [2.45, 2.75) is 31.8 Å². The van der Waals surface area contributed by atoms with Crippen LogP contribution >= 0.6 is 0 Å². The molecule has 0 atom stereocenters. The maximum absolute atomic E-state index is 10.6. The molecule has 1 fully saturated rings. The van der Waals surface area contributed by atoms with Crippen molar-refractivity contribution in [2.75, 3.05) is 14.2 Å². The van der Waals surface area contributed by atoms with Crippen molar-refractivity contribution in [1.29, 1.82) is 0 Å². The molecule has 1 aromatic rings. The number of benzene rings is 1. The van der Waals surface area contributed by atoms with Crippen molar-refractivity contribution in [3.05, 3.63) is 35.4 Å². The lowest BCUT2D eigenvalue weighted by atomic mass is 9.91. The second kappa shape index (κ2) is 6.57. The molecule has 1 saturated carbocycles. The standard InChI is InChI=1S/C16H21NO3/c1-17(14-4-3-5-14)11-13-10-12(7-9-16(18)19)6-8-15(13)20-2/h6-10,14H,3-5,11H2,1-2H3,(H,18,19)/b9-7+. The average molecular weight is 275 g/mol. The van der Waals surface area contributed by atoms with E-state index in [0.717, 1.165) is 29.5 Å². The van der Waals surface area contributed by atoms with Crippen molar-refractivity contribution >= 4 is 12.0 Å². The maximum atomic E-state index is 10.6. The van der Waals surface area contributed by atoms with Crippen LogP contribution in [0.15, 0.2) is 24.3 Å². The molecule has 1 aliphatic rings. The molecule has 1 N–H and O–H groups in total. The zero-order chi connectivity index (χ0) is 14.5. The van der Waals surface area contributed by atoms with Gasteiger partial charge in [-0.3, -0.25) is 4.90 Å². The molecule has 4 nitrogen and oxygen atoms in total. The van der Waals surface area contributed by atoms with Gasteiger partial charge in [0.15, 0.2) is 0 Å². The third kappa shape index (κ3) is 3.61. The van der Waals surface area contributed by atoms with Crippen LogP contribution in [0.25, 0.3) is 6.08 Å². The van der Waals surface area contributed by atoms with Gasteiger partial charge in [-0.15, -0.1) is 0 Å². The fourth-order valence-corrected chi connectivity index (χ4v) is 2.42. The molecule has 0 amide bonds.